The number of benzene rings is 1. The SMILES string of the molecule is CSc1ccc(OC(C)C(=O)N2CCCCC2CNC(=O)CCN)cc1.Cl. The number of ether oxygens (including phenoxy) is 1. The van der Waals surface area contributed by atoms with Gasteiger partial charge in [0.05, 0.1) is 0 Å². The first-order valence-electron chi connectivity index (χ1n) is 9.13. The Bertz CT molecular complexity index is 600. The van der Waals surface area contributed by atoms with E-state index in [1.165, 1.54) is 0 Å². The Morgan fingerprint density at radius 1 is 1.33 bits per heavy atom. The number of nitrogens with two attached hydrogens (primary N) is 1. The van der Waals surface area contributed by atoms with Crippen LogP contribution in [0.25, 0.3) is 0 Å². The average molecular weight is 416 g/mol. The van der Waals surface area contributed by atoms with E-state index in [1.54, 1.807) is 18.7 Å². The highest BCUT2D eigenvalue weighted by molar-refractivity contribution is 7.98. The summed E-state index contributed by atoms with van der Waals surface area (Å²) in [5, 5.41) is 2.88. The Labute approximate surface area is 172 Å². The van der Waals surface area contributed by atoms with Crippen molar-refractivity contribution in [1.29, 1.82) is 0 Å². The van der Waals surface area contributed by atoms with Gasteiger partial charge in [0.1, 0.15) is 5.75 Å². The topological polar surface area (TPSA) is 84.7 Å². The molecule has 0 radical (unpaired) electrons. The van der Waals surface area contributed by atoms with Crippen molar-refractivity contribution in [3.05, 3.63) is 24.3 Å². The number of hydrogen-bond donors (Lipinski definition) is 2. The Morgan fingerprint density at radius 3 is 2.67 bits per heavy atom. The minimum Gasteiger partial charge on any atom is -0.481 e. The molecule has 1 aromatic rings. The molecule has 2 amide bonds. The number of halogens is 1. The summed E-state index contributed by atoms with van der Waals surface area (Å²) < 4.78 is 5.84. The highest BCUT2D eigenvalue weighted by Gasteiger charge is 2.30. The molecular formula is C19H30ClN3O3S. The van der Waals surface area contributed by atoms with Crippen LogP contribution in [-0.2, 0) is 9.59 Å². The maximum absolute atomic E-state index is 12.9. The second kappa shape index (κ2) is 12.1. The lowest BCUT2D eigenvalue weighted by Gasteiger charge is -2.37. The van der Waals surface area contributed by atoms with E-state index in [9.17, 15) is 9.59 Å². The highest BCUT2D eigenvalue weighted by Crippen LogP contribution is 2.22. The van der Waals surface area contributed by atoms with Crippen molar-refractivity contribution in [1.82, 2.24) is 10.2 Å². The van der Waals surface area contributed by atoms with Crippen molar-refractivity contribution in [3.8, 4) is 5.75 Å². The standard InChI is InChI=1S/C19H29N3O3S.ClH/c1-14(25-16-6-8-17(26-2)9-7-16)19(24)22-12-4-3-5-15(22)13-21-18(23)10-11-20;/h6-9,14-15H,3-5,10-13,20H2,1-2H3,(H,21,23);1H. The zero-order valence-corrected chi connectivity index (χ0v) is 17.6. The van der Waals surface area contributed by atoms with Gasteiger partial charge < -0.3 is 20.7 Å². The van der Waals surface area contributed by atoms with Gasteiger partial charge in [0.2, 0.25) is 5.91 Å². The quantitative estimate of drug-likeness (QED) is 0.637. The lowest BCUT2D eigenvalue weighted by molar-refractivity contribution is -0.142. The van der Waals surface area contributed by atoms with E-state index < -0.39 is 6.10 Å². The molecule has 0 aromatic heterocycles. The van der Waals surface area contributed by atoms with Crippen LogP contribution in [0.4, 0.5) is 0 Å². The van der Waals surface area contributed by atoms with Gasteiger partial charge in [-0.3, -0.25) is 9.59 Å². The van der Waals surface area contributed by atoms with Crippen molar-refractivity contribution in [2.45, 2.75) is 49.6 Å². The van der Waals surface area contributed by atoms with Gasteiger partial charge in [-0.05, 0) is 56.7 Å². The smallest absolute Gasteiger partial charge is 0.263 e. The minimum absolute atomic E-state index is 0. The predicted octanol–water partition coefficient (Wildman–Crippen LogP) is 2.44. The summed E-state index contributed by atoms with van der Waals surface area (Å²) in [6.07, 6.45) is 4.71. The molecule has 0 aliphatic carbocycles. The molecule has 27 heavy (non-hydrogen) atoms. The lowest BCUT2D eigenvalue weighted by atomic mass is 10.0. The van der Waals surface area contributed by atoms with E-state index >= 15 is 0 Å². The maximum Gasteiger partial charge on any atom is 0.263 e. The van der Waals surface area contributed by atoms with E-state index in [1.807, 2.05) is 35.4 Å². The van der Waals surface area contributed by atoms with Crippen LogP contribution in [0.3, 0.4) is 0 Å². The zero-order chi connectivity index (χ0) is 18.9. The molecule has 8 heteroatoms. The summed E-state index contributed by atoms with van der Waals surface area (Å²) >= 11 is 1.66. The Morgan fingerprint density at radius 2 is 2.04 bits per heavy atom. The number of thioether (sulfide) groups is 1. The number of rotatable bonds is 8. The van der Waals surface area contributed by atoms with Gasteiger partial charge in [-0.1, -0.05) is 0 Å². The van der Waals surface area contributed by atoms with Crippen molar-refractivity contribution >= 4 is 36.0 Å². The molecule has 0 saturated carbocycles. The average Bonchev–Trinajstić information content (AvgIpc) is 2.67. The molecule has 1 aromatic carbocycles. The van der Waals surface area contributed by atoms with E-state index in [0.717, 1.165) is 24.2 Å². The van der Waals surface area contributed by atoms with Gasteiger partial charge in [0, 0.05) is 37.0 Å². The molecule has 0 bridgehead atoms. The number of carbonyl (C=O) groups excluding carboxylic acids is 2. The molecule has 1 aliphatic rings. The summed E-state index contributed by atoms with van der Waals surface area (Å²) in [5.41, 5.74) is 5.40. The van der Waals surface area contributed by atoms with Gasteiger partial charge in [0.15, 0.2) is 6.10 Å². The van der Waals surface area contributed by atoms with Crippen molar-refractivity contribution in [3.63, 3.8) is 0 Å². The summed E-state index contributed by atoms with van der Waals surface area (Å²) in [5.74, 6) is 0.592. The number of piperidine rings is 1. The largest absolute Gasteiger partial charge is 0.481 e. The van der Waals surface area contributed by atoms with Crippen molar-refractivity contribution < 1.29 is 14.3 Å². The number of nitrogens with zero attached hydrogens (tertiary/aromatic N) is 1. The predicted molar refractivity (Wildman–Crippen MR) is 112 cm³/mol. The van der Waals surface area contributed by atoms with Crippen LogP contribution >= 0.6 is 24.2 Å². The number of amides is 2. The van der Waals surface area contributed by atoms with Crippen LogP contribution in [0.2, 0.25) is 0 Å². The monoisotopic (exact) mass is 415 g/mol. The summed E-state index contributed by atoms with van der Waals surface area (Å²) in [4.78, 5) is 27.5. The van der Waals surface area contributed by atoms with Gasteiger partial charge in [-0.2, -0.15) is 0 Å². The normalized spacial score (nSPS) is 17.6. The first kappa shape index (κ1) is 23.6. The summed E-state index contributed by atoms with van der Waals surface area (Å²) in [6, 6.07) is 7.75. The van der Waals surface area contributed by atoms with Crippen LogP contribution in [-0.4, -0.2) is 54.8 Å². The van der Waals surface area contributed by atoms with Gasteiger partial charge in [-0.25, -0.2) is 0 Å². The minimum atomic E-state index is -0.560. The fourth-order valence-corrected chi connectivity index (χ4v) is 3.50. The van der Waals surface area contributed by atoms with Gasteiger partial charge in [-0.15, -0.1) is 24.2 Å². The number of likely N-dealkylation sites (tertiary alicyclic amines) is 1. The highest BCUT2D eigenvalue weighted by atomic mass is 35.5. The third-order valence-corrected chi connectivity index (χ3v) is 5.28. The van der Waals surface area contributed by atoms with E-state index in [4.69, 9.17) is 10.5 Å². The first-order chi connectivity index (χ1) is 12.5. The number of nitrogens with one attached hydrogen (secondary N) is 1. The van der Waals surface area contributed by atoms with E-state index in [-0.39, 0.29) is 30.3 Å². The molecule has 3 N–H and O–H groups in total. The van der Waals surface area contributed by atoms with Crippen LogP contribution in [0.1, 0.15) is 32.6 Å². The molecular weight excluding hydrogens is 386 g/mol. The Kier molecular flexibility index (Phi) is 10.6. The molecule has 1 saturated heterocycles. The molecule has 2 unspecified atom stereocenters. The summed E-state index contributed by atoms with van der Waals surface area (Å²) in [6.45, 7) is 3.29. The molecule has 1 heterocycles. The number of carbonyl (C=O) groups is 2. The first-order valence-corrected chi connectivity index (χ1v) is 10.4. The second-order valence-electron chi connectivity index (χ2n) is 6.46. The van der Waals surface area contributed by atoms with Gasteiger partial charge >= 0.3 is 0 Å². The Hall–Kier alpha value is -1.44. The fourth-order valence-electron chi connectivity index (χ4n) is 3.10. The van der Waals surface area contributed by atoms with Gasteiger partial charge in [0.25, 0.3) is 5.91 Å². The summed E-state index contributed by atoms with van der Waals surface area (Å²) in [7, 11) is 0. The van der Waals surface area contributed by atoms with E-state index in [0.29, 0.717) is 31.8 Å². The molecule has 1 aliphatic heterocycles. The molecule has 2 rings (SSSR count). The van der Waals surface area contributed by atoms with Crippen LogP contribution in [0.5, 0.6) is 5.75 Å². The van der Waals surface area contributed by atoms with Crippen LogP contribution in [0, 0.1) is 0 Å². The molecule has 2 atom stereocenters. The Balaban J connectivity index is 0.00000364. The third-order valence-electron chi connectivity index (χ3n) is 4.54. The van der Waals surface area contributed by atoms with Crippen LogP contribution < -0.4 is 15.8 Å². The van der Waals surface area contributed by atoms with Crippen LogP contribution in [0.15, 0.2) is 29.2 Å². The maximum atomic E-state index is 12.9. The zero-order valence-electron chi connectivity index (χ0n) is 16.0. The third kappa shape index (κ3) is 7.24. The fraction of sp³-hybridized carbons (Fsp3) is 0.579. The molecule has 0 spiro atoms. The van der Waals surface area contributed by atoms with E-state index in [2.05, 4.69) is 5.32 Å². The molecule has 6 nitrogen and oxygen atoms in total. The molecule has 1 fully saturated rings. The van der Waals surface area contributed by atoms with Crippen molar-refractivity contribution in [2.75, 3.05) is 25.9 Å². The number of hydrogen-bond acceptors (Lipinski definition) is 5. The molecule has 152 valence electrons. The second-order valence-corrected chi connectivity index (χ2v) is 7.34. The van der Waals surface area contributed by atoms with Crippen molar-refractivity contribution in [2.24, 2.45) is 5.73 Å². The lowest BCUT2D eigenvalue weighted by Crippen LogP contribution is -2.52.